The number of aromatic hydroxyl groups is 6. The summed E-state index contributed by atoms with van der Waals surface area (Å²) in [4.78, 5) is 24.2. The lowest BCUT2D eigenvalue weighted by molar-refractivity contribution is 0.111. The molecular weight excluding hydrogens is 512 g/mol. The lowest BCUT2D eigenvalue weighted by Gasteiger charge is -2.22. The van der Waals surface area contributed by atoms with Crippen molar-refractivity contribution in [2.75, 3.05) is 0 Å². The number of hydrogen-bond donors (Lipinski definition) is 6. The zero-order valence-corrected chi connectivity index (χ0v) is 23.4. The Morgan fingerprint density at radius 2 is 0.900 bits per heavy atom. The van der Waals surface area contributed by atoms with Crippen molar-refractivity contribution >= 4 is 34.1 Å². The molecule has 0 unspecified atom stereocenters. The van der Waals surface area contributed by atoms with Crippen LogP contribution in [0.25, 0.3) is 32.7 Å². The molecule has 0 saturated heterocycles. The van der Waals surface area contributed by atoms with Crippen molar-refractivity contribution in [3.05, 3.63) is 45.5 Å². The number of fused-ring (bicyclic) bond motifs is 2. The van der Waals surface area contributed by atoms with Crippen LogP contribution in [0.1, 0.15) is 70.7 Å². The van der Waals surface area contributed by atoms with E-state index in [1.807, 2.05) is 27.7 Å². The molecule has 4 aromatic carbocycles. The summed E-state index contributed by atoms with van der Waals surface area (Å²) in [5, 5.41) is 67.0. The normalized spacial score (nSPS) is 11.7. The minimum absolute atomic E-state index is 0.0186. The Hall–Kier alpha value is -4.46. The first-order chi connectivity index (χ1) is 18.8. The Kier molecular flexibility index (Phi) is 7.32. The van der Waals surface area contributed by atoms with Crippen molar-refractivity contribution in [3.63, 3.8) is 0 Å². The van der Waals surface area contributed by atoms with Gasteiger partial charge in [0.05, 0.1) is 11.1 Å². The van der Waals surface area contributed by atoms with Crippen molar-refractivity contribution in [2.24, 2.45) is 11.8 Å². The predicted molar refractivity (Wildman–Crippen MR) is 154 cm³/mol. The number of aldehydes is 2. The molecule has 4 rings (SSSR count). The van der Waals surface area contributed by atoms with Crippen LogP contribution < -0.4 is 0 Å². The van der Waals surface area contributed by atoms with Crippen molar-refractivity contribution in [2.45, 2.75) is 54.4 Å². The van der Waals surface area contributed by atoms with E-state index in [1.165, 1.54) is 0 Å². The minimum Gasteiger partial charge on any atom is -0.507 e. The molecule has 0 aliphatic heterocycles. The van der Waals surface area contributed by atoms with E-state index in [1.54, 1.807) is 26.0 Å². The Morgan fingerprint density at radius 1 is 0.575 bits per heavy atom. The molecule has 0 aliphatic carbocycles. The Bertz CT molecular complexity index is 1590. The molecule has 210 valence electrons. The van der Waals surface area contributed by atoms with Crippen LogP contribution in [0.3, 0.4) is 0 Å². The summed E-state index contributed by atoms with van der Waals surface area (Å²) in [6, 6.07) is 3.35. The van der Waals surface area contributed by atoms with Gasteiger partial charge in [-0.2, -0.15) is 0 Å². The summed E-state index contributed by atoms with van der Waals surface area (Å²) in [6.45, 7) is 11.1. The third-order valence-electron chi connectivity index (χ3n) is 7.43. The summed E-state index contributed by atoms with van der Waals surface area (Å²) < 4.78 is 0. The highest BCUT2D eigenvalue weighted by molar-refractivity contribution is 6.14. The second kappa shape index (κ2) is 10.3. The number of rotatable bonds is 7. The van der Waals surface area contributed by atoms with Gasteiger partial charge in [0.2, 0.25) is 0 Å². The van der Waals surface area contributed by atoms with Crippen LogP contribution in [-0.2, 0) is 12.8 Å². The van der Waals surface area contributed by atoms with Crippen molar-refractivity contribution in [3.8, 4) is 45.6 Å². The van der Waals surface area contributed by atoms with Gasteiger partial charge < -0.3 is 30.6 Å². The molecule has 0 bridgehead atoms. The van der Waals surface area contributed by atoms with Gasteiger partial charge in [-0.15, -0.1) is 0 Å². The number of hydrogen-bond acceptors (Lipinski definition) is 8. The van der Waals surface area contributed by atoms with E-state index < -0.39 is 34.5 Å². The van der Waals surface area contributed by atoms with Gasteiger partial charge in [0, 0.05) is 33.0 Å². The van der Waals surface area contributed by atoms with Crippen LogP contribution >= 0.6 is 0 Å². The first-order valence-corrected chi connectivity index (χ1v) is 13.1. The molecule has 0 amide bonds. The van der Waals surface area contributed by atoms with Crippen LogP contribution in [0.5, 0.6) is 34.5 Å². The average Bonchev–Trinajstić information content (AvgIpc) is 2.87. The number of carbonyl (C=O) groups is 2. The van der Waals surface area contributed by atoms with E-state index in [0.717, 1.165) is 0 Å². The van der Waals surface area contributed by atoms with E-state index in [2.05, 4.69) is 0 Å². The number of aryl methyl sites for hydroxylation is 2. The van der Waals surface area contributed by atoms with Gasteiger partial charge in [-0.1, -0.05) is 39.8 Å². The van der Waals surface area contributed by atoms with E-state index in [0.29, 0.717) is 58.4 Å². The number of benzene rings is 4. The lowest BCUT2D eigenvalue weighted by atomic mass is 9.84. The molecule has 0 atom stereocenters. The van der Waals surface area contributed by atoms with Gasteiger partial charge >= 0.3 is 0 Å². The molecule has 6 N–H and O–H groups in total. The maximum atomic E-state index is 12.1. The lowest BCUT2D eigenvalue weighted by Crippen LogP contribution is -2.02. The molecule has 0 fully saturated rings. The van der Waals surface area contributed by atoms with Crippen molar-refractivity contribution in [1.82, 2.24) is 0 Å². The fraction of sp³-hybridized carbons (Fsp3) is 0.312. The molecule has 8 heteroatoms. The van der Waals surface area contributed by atoms with Crippen LogP contribution in [0, 0.1) is 25.7 Å². The summed E-state index contributed by atoms with van der Waals surface area (Å²) in [5.41, 5.74) is 1.45. The molecule has 4 aromatic rings. The summed E-state index contributed by atoms with van der Waals surface area (Å²) in [6.07, 6.45) is 1.42. The summed E-state index contributed by atoms with van der Waals surface area (Å²) in [7, 11) is 0. The fourth-order valence-corrected chi connectivity index (χ4v) is 5.74. The molecule has 0 heterocycles. The molecule has 0 aromatic heterocycles. The SMILES string of the molecule is Cc1cc2c(CC(C)C)c(O)c(O)c(C=O)c2c(O)c1-c1c(C)cc2c(CC(C)C)c(O)c(O)c(C=O)c2c1O. The summed E-state index contributed by atoms with van der Waals surface area (Å²) in [5.74, 6) is -2.78. The number of phenols is 6. The Balaban J connectivity index is 2.22. The van der Waals surface area contributed by atoms with E-state index >= 15 is 0 Å². The minimum atomic E-state index is -0.648. The van der Waals surface area contributed by atoms with Gasteiger partial charge in [0.15, 0.2) is 35.6 Å². The van der Waals surface area contributed by atoms with Crippen LogP contribution in [0.4, 0.5) is 0 Å². The molecule has 0 spiro atoms. The van der Waals surface area contributed by atoms with Crippen molar-refractivity contribution < 1.29 is 40.2 Å². The summed E-state index contributed by atoms with van der Waals surface area (Å²) >= 11 is 0. The van der Waals surface area contributed by atoms with E-state index in [-0.39, 0.29) is 44.9 Å². The highest BCUT2D eigenvalue weighted by atomic mass is 16.3. The Labute approximate surface area is 231 Å². The van der Waals surface area contributed by atoms with Gasteiger partial charge in [0.1, 0.15) is 11.5 Å². The molecular formula is C32H34O8. The first-order valence-electron chi connectivity index (χ1n) is 13.1. The van der Waals surface area contributed by atoms with Gasteiger partial charge in [-0.25, -0.2) is 0 Å². The molecule has 0 saturated carbocycles. The molecule has 8 nitrogen and oxygen atoms in total. The highest BCUT2D eigenvalue weighted by Crippen LogP contribution is 2.53. The zero-order chi connectivity index (χ0) is 29.8. The van der Waals surface area contributed by atoms with Gasteiger partial charge in [0.25, 0.3) is 0 Å². The second-order valence-electron chi connectivity index (χ2n) is 11.3. The quantitative estimate of drug-likeness (QED) is 0.113. The molecule has 40 heavy (non-hydrogen) atoms. The predicted octanol–water partition coefficient (Wildman–Crippen LogP) is 6.53. The van der Waals surface area contributed by atoms with Crippen molar-refractivity contribution in [1.29, 1.82) is 0 Å². The standard InChI is InChI=1S/C32H34O8/c1-13(2)7-19-17-9-15(5)23(31(39)25(17)21(11-33)29(37)27(19)35)24-16(6)10-18-20(8-14(3)4)28(36)30(38)22(12-34)26(18)32(24)40/h9-14,35-40H,7-8H2,1-6H3. The van der Waals surface area contributed by atoms with Gasteiger partial charge in [-0.05, 0) is 60.4 Å². The average molecular weight is 547 g/mol. The molecule has 0 radical (unpaired) electrons. The largest absolute Gasteiger partial charge is 0.507 e. The maximum absolute atomic E-state index is 12.1. The van der Waals surface area contributed by atoms with E-state index in [9.17, 15) is 40.2 Å². The monoisotopic (exact) mass is 546 g/mol. The fourth-order valence-electron chi connectivity index (χ4n) is 5.74. The second-order valence-corrected chi connectivity index (χ2v) is 11.3. The number of phenolic OH excluding ortho intramolecular Hbond substituents is 6. The molecule has 0 aliphatic rings. The van der Waals surface area contributed by atoms with E-state index in [4.69, 9.17) is 0 Å². The first kappa shape index (κ1) is 28.5. The van der Waals surface area contributed by atoms with Crippen LogP contribution in [0.2, 0.25) is 0 Å². The topological polar surface area (TPSA) is 156 Å². The van der Waals surface area contributed by atoms with Crippen LogP contribution in [0.15, 0.2) is 12.1 Å². The third kappa shape index (κ3) is 4.24. The van der Waals surface area contributed by atoms with Gasteiger partial charge in [-0.3, -0.25) is 9.59 Å². The maximum Gasteiger partial charge on any atom is 0.169 e. The number of carbonyl (C=O) groups excluding carboxylic acids is 2. The Morgan fingerprint density at radius 3 is 1.18 bits per heavy atom. The van der Waals surface area contributed by atoms with Crippen LogP contribution in [-0.4, -0.2) is 43.2 Å². The highest BCUT2D eigenvalue weighted by Gasteiger charge is 2.29. The third-order valence-corrected chi connectivity index (χ3v) is 7.43. The zero-order valence-electron chi connectivity index (χ0n) is 23.4. The smallest absolute Gasteiger partial charge is 0.169 e.